The summed E-state index contributed by atoms with van der Waals surface area (Å²) in [5.74, 6) is -1.60. The lowest BCUT2D eigenvalue weighted by Crippen LogP contribution is -2.55. The Bertz CT molecular complexity index is 558. The second-order valence-electron chi connectivity index (χ2n) is 6.05. The number of amides is 1. The molecule has 0 saturated carbocycles. The highest BCUT2D eigenvalue weighted by Gasteiger charge is 2.35. The van der Waals surface area contributed by atoms with Crippen LogP contribution in [0.25, 0.3) is 0 Å². The minimum absolute atomic E-state index is 0.00291. The average molecular weight is 330 g/mol. The van der Waals surface area contributed by atoms with Crippen LogP contribution < -0.4 is 5.32 Å². The lowest BCUT2D eigenvalue weighted by Gasteiger charge is -2.41. The van der Waals surface area contributed by atoms with Crippen LogP contribution in [-0.2, 0) is 0 Å². The van der Waals surface area contributed by atoms with E-state index in [2.05, 4.69) is 10.2 Å². The molecule has 0 spiro atoms. The van der Waals surface area contributed by atoms with Gasteiger partial charge in [-0.15, -0.1) is 0 Å². The van der Waals surface area contributed by atoms with Crippen molar-refractivity contribution >= 4 is 5.91 Å². The molecule has 0 atom stereocenters. The van der Waals surface area contributed by atoms with Gasteiger partial charge in [0.05, 0.1) is 5.56 Å². The van der Waals surface area contributed by atoms with Gasteiger partial charge in [0.1, 0.15) is 5.82 Å². The Kier molecular flexibility index (Phi) is 5.64. The van der Waals surface area contributed by atoms with Gasteiger partial charge in [-0.3, -0.25) is 4.79 Å². The van der Waals surface area contributed by atoms with Crippen molar-refractivity contribution in [3.63, 3.8) is 0 Å². The zero-order valence-corrected chi connectivity index (χ0v) is 13.0. The number of benzene rings is 1. The van der Waals surface area contributed by atoms with Crippen LogP contribution in [0.1, 0.15) is 41.6 Å². The number of likely N-dealkylation sites (tertiary alicyclic amines) is 1. The van der Waals surface area contributed by atoms with Crippen LogP contribution in [0.15, 0.2) is 18.2 Å². The van der Waals surface area contributed by atoms with E-state index in [0.29, 0.717) is 19.3 Å². The van der Waals surface area contributed by atoms with Gasteiger partial charge in [-0.05, 0) is 44.5 Å². The van der Waals surface area contributed by atoms with E-state index in [1.807, 2.05) is 7.05 Å². The number of carbonyl (C=O) groups excluding carboxylic acids is 1. The molecule has 4 nitrogen and oxygen atoms in total. The third kappa shape index (κ3) is 4.23. The smallest absolute Gasteiger partial charge is 0.266 e. The summed E-state index contributed by atoms with van der Waals surface area (Å²) in [7, 11) is 1.98. The van der Waals surface area contributed by atoms with Crippen molar-refractivity contribution in [3.8, 4) is 0 Å². The third-order valence-corrected chi connectivity index (χ3v) is 4.41. The van der Waals surface area contributed by atoms with Gasteiger partial charge in [-0.25, -0.2) is 13.2 Å². The monoisotopic (exact) mass is 330 g/mol. The minimum Gasteiger partial charge on any atom is -0.396 e. The Morgan fingerprint density at radius 3 is 2.57 bits per heavy atom. The van der Waals surface area contributed by atoms with E-state index >= 15 is 0 Å². The average Bonchev–Trinajstić information content (AvgIpc) is 2.50. The summed E-state index contributed by atoms with van der Waals surface area (Å²) in [6.07, 6.45) is -1.16. The quantitative estimate of drug-likeness (QED) is 0.871. The van der Waals surface area contributed by atoms with Crippen molar-refractivity contribution in [1.29, 1.82) is 0 Å². The molecule has 128 valence electrons. The van der Waals surface area contributed by atoms with Gasteiger partial charge in [-0.1, -0.05) is 0 Å². The van der Waals surface area contributed by atoms with E-state index in [1.165, 1.54) is 6.07 Å². The summed E-state index contributed by atoms with van der Waals surface area (Å²) >= 11 is 0. The highest BCUT2D eigenvalue weighted by molar-refractivity contribution is 5.94. The number of halogens is 3. The second kappa shape index (κ2) is 7.31. The number of rotatable bonds is 5. The fourth-order valence-corrected chi connectivity index (χ4v) is 2.86. The topological polar surface area (TPSA) is 52.6 Å². The summed E-state index contributed by atoms with van der Waals surface area (Å²) in [6, 6.07) is 2.96. The van der Waals surface area contributed by atoms with E-state index in [4.69, 9.17) is 0 Å². The van der Waals surface area contributed by atoms with Crippen LogP contribution in [0.4, 0.5) is 13.2 Å². The molecule has 0 unspecified atom stereocenters. The molecule has 0 radical (unpaired) electrons. The zero-order valence-electron chi connectivity index (χ0n) is 13.0. The molecule has 7 heteroatoms. The van der Waals surface area contributed by atoms with Crippen molar-refractivity contribution in [2.45, 2.75) is 31.2 Å². The van der Waals surface area contributed by atoms with Crippen LogP contribution in [-0.4, -0.2) is 48.2 Å². The van der Waals surface area contributed by atoms with Gasteiger partial charge >= 0.3 is 0 Å². The van der Waals surface area contributed by atoms with Gasteiger partial charge in [0.15, 0.2) is 0 Å². The predicted molar refractivity (Wildman–Crippen MR) is 80.0 cm³/mol. The highest BCUT2D eigenvalue weighted by Crippen LogP contribution is 2.27. The Labute approximate surface area is 133 Å². The number of hydrogen-bond acceptors (Lipinski definition) is 3. The van der Waals surface area contributed by atoms with Crippen LogP contribution in [0, 0.1) is 5.82 Å². The van der Waals surface area contributed by atoms with E-state index in [-0.39, 0.29) is 12.2 Å². The number of nitrogens with one attached hydrogen (secondary N) is 1. The van der Waals surface area contributed by atoms with Gasteiger partial charge in [-0.2, -0.15) is 0 Å². The summed E-state index contributed by atoms with van der Waals surface area (Å²) in [6.45, 7) is 1.49. The first-order valence-electron chi connectivity index (χ1n) is 7.56. The third-order valence-electron chi connectivity index (χ3n) is 4.41. The van der Waals surface area contributed by atoms with E-state index in [1.54, 1.807) is 0 Å². The molecule has 1 aliphatic rings. The summed E-state index contributed by atoms with van der Waals surface area (Å²) in [5.41, 5.74) is -1.26. The number of aliphatic hydroxyl groups excluding tert-OH is 1. The van der Waals surface area contributed by atoms with E-state index < -0.39 is 29.3 Å². The molecule has 0 aliphatic carbocycles. The number of piperidine rings is 1. The molecule has 1 amide bonds. The molecule has 0 aromatic heterocycles. The molecule has 1 heterocycles. The van der Waals surface area contributed by atoms with Crippen molar-refractivity contribution in [2.75, 3.05) is 26.7 Å². The second-order valence-corrected chi connectivity index (χ2v) is 6.05. The van der Waals surface area contributed by atoms with E-state index in [9.17, 15) is 23.1 Å². The lowest BCUT2D eigenvalue weighted by atomic mass is 9.84. The fraction of sp³-hybridized carbons (Fsp3) is 0.562. The normalized spacial score (nSPS) is 18.2. The number of hydrogen-bond donors (Lipinski definition) is 2. The molecule has 2 rings (SSSR count). The van der Waals surface area contributed by atoms with Crippen molar-refractivity contribution in [3.05, 3.63) is 35.1 Å². The van der Waals surface area contributed by atoms with Gasteiger partial charge in [0, 0.05) is 30.8 Å². The first-order valence-corrected chi connectivity index (χ1v) is 7.56. The summed E-state index contributed by atoms with van der Waals surface area (Å²) in [5, 5.41) is 12.1. The molecule has 1 aromatic rings. The van der Waals surface area contributed by atoms with Crippen molar-refractivity contribution in [2.24, 2.45) is 0 Å². The number of nitrogens with zero attached hydrogens (tertiary/aromatic N) is 1. The van der Waals surface area contributed by atoms with Crippen molar-refractivity contribution in [1.82, 2.24) is 10.2 Å². The Morgan fingerprint density at radius 2 is 2.04 bits per heavy atom. The number of alkyl halides is 2. The number of carbonyl (C=O) groups is 1. The molecular formula is C16H21F3N2O2. The molecule has 1 saturated heterocycles. The Morgan fingerprint density at radius 1 is 1.39 bits per heavy atom. The van der Waals surface area contributed by atoms with Gasteiger partial charge in [0.25, 0.3) is 12.3 Å². The molecule has 2 N–H and O–H groups in total. The summed E-state index contributed by atoms with van der Waals surface area (Å²) < 4.78 is 38.7. The molecule has 0 bridgehead atoms. The maximum absolute atomic E-state index is 13.6. The fourth-order valence-electron chi connectivity index (χ4n) is 2.86. The molecular weight excluding hydrogens is 309 g/mol. The maximum atomic E-state index is 13.6. The SMILES string of the molecule is CN1CCC(CCO)(NC(=O)c2ccc(C(F)F)c(F)c2)CC1. The zero-order chi connectivity index (χ0) is 17.0. The van der Waals surface area contributed by atoms with Crippen LogP contribution in [0.5, 0.6) is 0 Å². The van der Waals surface area contributed by atoms with Crippen LogP contribution in [0.3, 0.4) is 0 Å². The maximum Gasteiger partial charge on any atom is 0.266 e. The Hall–Kier alpha value is -1.60. The van der Waals surface area contributed by atoms with E-state index in [0.717, 1.165) is 25.2 Å². The predicted octanol–water partition coefficient (Wildman–Crippen LogP) is 2.34. The minimum atomic E-state index is -2.92. The van der Waals surface area contributed by atoms with Crippen LogP contribution >= 0.6 is 0 Å². The number of aliphatic hydroxyl groups is 1. The van der Waals surface area contributed by atoms with Crippen molar-refractivity contribution < 1.29 is 23.1 Å². The lowest BCUT2D eigenvalue weighted by molar-refractivity contribution is 0.0777. The molecule has 1 aromatic carbocycles. The van der Waals surface area contributed by atoms with Gasteiger partial charge in [0.2, 0.25) is 0 Å². The largest absolute Gasteiger partial charge is 0.396 e. The highest BCUT2D eigenvalue weighted by atomic mass is 19.3. The molecule has 23 heavy (non-hydrogen) atoms. The first-order chi connectivity index (χ1) is 10.9. The Balaban J connectivity index is 2.14. The summed E-state index contributed by atoms with van der Waals surface area (Å²) in [4.78, 5) is 14.5. The molecule has 1 aliphatic heterocycles. The standard InChI is InChI=1S/C16H21F3N2O2/c1-21-7-4-16(5-8-21,6-9-22)20-15(23)11-2-3-12(14(18)19)13(17)10-11/h2-3,10,14,22H,4-9H2,1H3,(H,20,23). The molecule has 1 fully saturated rings. The first kappa shape index (κ1) is 17.7. The van der Waals surface area contributed by atoms with Gasteiger partial charge < -0.3 is 15.3 Å². The van der Waals surface area contributed by atoms with Crippen LogP contribution in [0.2, 0.25) is 0 Å².